The van der Waals surface area contributed by atoms with E-state index in [1.807, 2.05) is 31.2 Å². The van der Waals surface area contributed by atoms with Crippen LogP contribution in [-0.2, 0) is 9.84 Å². The minimum absolute atomic E-state index is 0.0632. The molecule has 0 spiro atoms. The largest absolute Gasteiger partial charge is 0.395 e. The molecule has 1 atom stereocenters. The molecule has 1 aromatic carbocycles. The molecule has 1 saturated heterocycles. The molecule has 0 amide bonds. The summed E-state index contributed by atoms with van der Waals surface area (Å²) >= 11 is 5.38. The Balaban J connectivity index is 2.07. The summed E-state index contributed by atoms with van der Waals surface area (Å²) in [7, 11) is -2.98. The first-order valence-corrected chi connectivity index (χ1v) is 9.10. The Bertz CT molecular complexity index is 599. The number of hydrogen-bond acceptors (Lipinski definition) is 4. The molecule has 0 aliphatic carbocycles. The van der Waals surface area contributed by atoms with Gasteiger partial charge in [-0.25, -0.2) is 8.42 Å². The van der Waals surface area contributed by atoms with Crippen LogP contribution in [0.5, 0.6) is 0 Å². The molecule has 1 aromatic rings. The van der Waals surface area contributed by atoms with E-state index in [9.17, 15) is 13.5 Å². The van der Waals surface area contributed by atoms with Crippen molar-refractivity contribution in [3.63, 3.8) is 0 Å². The summed E-state index contributed by atoms with van der Waals surface area (Å²) in [5.74, 6) is 0.287. The van der Waals surface area contributed by atoms with Crippen LogP contribution in [0.4, 0.5) is 5.69 Å². The minimum Gasteiger partial charge on any atom is -0.395 e. The predicted molar refractivity (Wildman–Crippen MR) is 88.3 cm³/mol. The number of thiocarbonyl (C=S) groups is 1. The lowest BCUT2D eigenvalue weighted by Crippen LogP contribution is -2.45. The van der Waals surface area contributed by atoms with Crippen molar-refractivity contribution in [1.29, 1.82) is 0 Å². The van der Waals surface area contributed by atoms with Crippen LogP contribution >= 0.6 is 12.2 Å². The fourth-order valence-corrected chi connectivity index (χ4v) is 4.50. The highest BCUT2D eigenvalue weighted by molar-refractivity contribution is 7.91. The van der Waals surface area contributed by atoms with Crippen molar-refractivity contribution in [2.75, 3.05) is 30.0 Å². The Morgan fingerprint density at radius 1 is 1.43 bits per heavy atom. The lowest BCUT2D eigenvalue weighted by molar-refractivity contribution is 0.228. The Labute approximate surface area is 130 Å². The highest BCUT2D eigenvalue weighted by Gasteiger charge is 2.33. The third kappa shape index (κ3) is 4.39. The molecule has 1 aliphatic heterocycles. The summed E-state index contributed by atoms with van der Waals surface area (Å²) in [6.07, 6.45) is 0.554. The van der Waals surface area contributed by atoms with Crippen molar-refractivity contribution >= 4 is 32.9 Å². The molecule has 0 radical (unpaired) electrons. The van der Waals surface area contributed by atoms with Crippen LogP contribution in [0.3, 0.4) is 0 Å². The van der Waals surface area contributed by atoms with Crippen molar-refractivity contribution in [3.8, 4) is 0 Å². The lowest BCUT2D eigenvalue weighted by atomic mass is 10.2. The smallest absolute Gasteiger partial charge is 0.173 e. The molecule has 1 fully saturated rings. The van der Waals surface area contributed by atoms with Gasteiger partial charge in [-0.1, -0.05) is 17.7 Å². The molecule has 0 saturated carbocycles. The van der Waals surface area contributed by atoms with Gasteiger partial charge in [0.25, 0.3) is 0 Å². The number of aliphatic hydroxyl groups excluding tert-OH is 1. The van der Waals surface area contributed by atoms with Crippen LogP contribution < -0.4 is 5.32 Å². The monoisotopic (exact) mass is 328 g/mol. The minimum atomic E-state index is -2.98. The highest BCUT2D eigenvalue weighted by Crippen LogP contribution is 2.19. The molecule has 5 nitrogen and oxygen atoms in total. The molecule has 116 valence electrons. The first-order chi connectivity index (χ1) is 9.91. The fourth-order valence-electron chi connectivity index (χ4n) is 2.41. The molecule has 7 heteroatoms. The summed E-state index contributed by atoms with van der Waals surface area (Å²) in [5, 5.41) is 12.8. The summed E-state index contributed by atoms with van der Waals surface area (Å²) in [6, 6.07) is 7.63. The second-order valence-electron chi connectivity index (χ2n) is 5.27. The van der Waals surface area contributed by atoms with E-state index in [0.717, 1.165) is 11.3 Å². The molecule has 0 unspecified atom stereocenters. The van der Waals surface area contributed by atoms with Crippen molar-refractivity contribution in [3.05, 3.63) is 29.8 Å². The van der Waals surface area contributed by atoms with Crippen LogP contribution in [0.15, 0.2) is 24.3 Å². The molecule has 0 aromatic heterocycles. The third-order valence-electron chi connectivity index (χ3n) is 3.55. The van der Waals surface area contributed by atoms with Gasteiger partial charge >= 0.3 is 0 Å². The molecule has 2 N–H and O–H groups in total. The van der Waals surface area contributed by atoms with Crippen LogP contribution in [0.2, 0.25) is 0 Å². The number of anilines is 1. The fraction of sp³-hybridized carbons (Fsp3) is 0.500. The van der Waals surface area contributed by atoms with Gasteiger partial charge in [0.1, 0.15) is 0 Å². The zero-order chi connectivity index (χ0) is 15.5. The molecule has 1 aliphatic rings. The maximum atomic E-state index is 11.6. The zero-order valence-electron chi connectivity index (χ0n) is 11.9. The Morgan fingerprint density at radius 2 is 2.10 bits per heavy atom. The van der Waals surface area contributed by atoms with Crippen LogP contribution in [0, 0.1) is 6.92 Å². The number of nitrogens with zero attached hydrogens (tertiary/aromatic N) is 1. The Morgan fingerprint density at radius 3 is 2.62 bits per heavy atom. The number of rotatable bonds is 4. The van der Waals surface area contributed by atoms with Gasteiger partial charge in [-0.2, -0.15) is 0 Å². The SMILES string of the molecule is Cc1ccc(NC(=S)N(CCO)[C@@H]2CCS(=O)(=O)C2)cc1. The molecule has 0 bridgehead atoms. The zero-order valence-corrected chi connectivity index (χ0v) is 13.6. The summed E-state index contributed by atoms with van der Waals surface area (Å²) < 4.78 is 23.2. The first-order valence-electron chi connectivity index (χ1n) is 6.87. The van der Waals surface area contributed by atoms with Gasteiger partial charge in [0.05, 0.1) is 18.1 Å². The third-order valence-corrected chi connectivity index (χ3v) is 5.64. The van der Waals surface area contributed by atoms with Gasteiger partial charge < -0.3 is 15.3 Å². The van der Waals surface area contributed by atoms with E-state index in [2.05, 4.69) is 5.32 Å². The average molecular weight is 328 g/mol. The van der Waals surface area contributed by atoms with E-state index in [4.69, 9.17) is 12.2 Å². The molecule has 21 heavy (non-hydrogen) atoms. The van der Waals surface area contributed by atoms with Gasteiger partial charge in [-0.3, -0.25) is 0 Å². The van der Waals surface area contributed by atoms with Gasteiger partial charge in [0.2, 0.25) is 0 Å². The van der Waals surface area contributed by atoms with Crippen molar-refractivity contribution in [1.82, 2.24) is 4.90 Å². The summed E-state index contributed by atoms with van der Waals surface area (Å²) in [5.41, 5.74) is 2.01. The van der Waals surface area contributed by atoms with Crippen LogP contribution in [0.1, 0.15) is 12.0 Å². The summed E-state index contributed by atoms with van der Waals surface area (Å²) in [4.78, 5) is 1.78. The quantitative estimate of drug-likeness (QED) is 0.809. The second kappa shape index (κ2) is 6.72. The number of sulfone groups is 1. The number of hydrogen-bond donors (Lipinski definition) is 2. The van der Waals surface area contributed by atoms with Gasteiger partial charge in [0.15, 0.2) is 14.9 Å². The number of benzene rings is 1. The molecular formula is C14H20N2O3S2. The van der Waals surface area contributed by atoms with E-state index >= 15 is 0 Å². The van der Waals surface area contributed by atoms with E-state index in [1.165, 1.54) is 0 Å². The van der Waals surface area contributed by atoms with Crippen molar-refractivity contribution < 1.29 is 13.5 Å². The standard InChI is InChI=1S/C14H20N2O3S2/c1-11-2-4-12(5-3-11)15-14(20)16(7-8-17)13-6-9-21(18,19)10-13/h2-5,13,17H,6-10H2,1H3,(H,15,20)/t13-/m1/s1. The number of nitrogens with one attached hydrogen (secondary N) is 1. The van der Waals surface area contributed by atoms with Crippen LogP contribution in [-0.4, -0.2) is 54.2 Å². The van der Waals surface area contributed by atoms with Crippen molar-refractivity contribution in [2.45, 2.75) is 19.4 Å². The second-order valence-corrected chi connectivity index (χ2v) is 7.89. The van der Waals surface area contributed by atoms with Gasteiger partial charge in [-0.15, -0.1) is 0 Å². The van der Waals surface area contributed by atoms with Gasteiger partial charge in [0, 0.05) is 18.3 Å². The normalized spacial score (nSPS) is 20.2. The number of aliphatic hydroxyl groups is 1. The average Bonchev–Trinajstić information content (AvgIpc) is 2.78. The molecule has 1 heterocycles. The first kappa shape index (κ1) is 16.2. The topological polar surface area (TPSA) is 69.6 Å². The Kier molecular flexibility index (Phi) is 5.18. The van der Waals surface area contributed by atoms with E-state index < -0.39 is 9.84 Å². The highest BCUT2D eigenvalue weighted by atomic mass is 32.2. The molecular weight excluding hydrogens is 308 g/mol. The van der Waals surface area contributed by atoms with E-state index in [1.54, 1.807) is 4.90 Å². The number of aryl methyl sites for hydroxylation is 1. The maximum absolute atomic E-state index is 11.6. The lowest BCUT2D eigenvalue weighted by Gasteiger charge is -2.30. The van der Waals surface area contributed by atoms with Crippen molar-refractivity contribution in [2.24, 2.45) is 0 Å². The van der Waals surface area contributed by atoms with Crippen LogP contribution in [0.25, 0.3) is 0 Å². The van der Waals surface area contributed by atoms with E-state index in [0.29, 0.717) is 18.1 Å². The Hall–Kier alpha value is -1.18. The molecule has 2 rings (SSSR count). The summed E-state index contributed by atoms with van der Waals surface area (Å²) in [6.45, 7) is 2.27. The maximum Gasteiger partial charge on any atom is 0.173 e. The van der Waals surface area contributed by atoms with E-state index in [-0.39, 0.29) is 24.2 Å². The van der Waals surface area contributed by atoms with Gasteiger partial charge in [-0.05, 0) is 37.7 Å². The predicted octanol–water partition coefficient (Wildman–Crippen LogP) is 1.17.